The van der Waals surface area contributed by atoms with Gasteiger partial charge in [0, 0.05) is 5.39 Å². The van der Waals surface area contributed by atoms with Gasteiger partial charge in [0.2, 0.25) is 0 Å². The number of ether oxygens (including phenoxy) is 2. The molecule has 2 aromatic rings. The number of benzene rings is 2. The van der Waals surface area contributed by atoms with Gasteiger partial charge in [0.25, 0.3) is 5.91 Å². The third-order valence-corrected chi connectivity index (χ3v) is 6.51. The van der Waals surface area contributed by atoms with E-state index in [0.717, 1.165) is 5.39 Å². The fourth-order valence-corrected chi connectivity index (χ4v) is 5.41. The van der Waals surface area contributed by atoms with Gasteiger partial charge in [-0.25, -0.2) is 13.2 Å². The van der Waals surface area contributed by atoms with Crippen molar-refractivity contribution >= 4 is 32.5 Å². The lowest BCUT2D eigenvalue weighted by molar-refractivity contribution is -0.125. The smallest absolute Gasteiger partial charge is 0.339 e. The molecule has 1 atom stereocenters. The Morgan fingerprint density at radius 2 is 1.85 bits per heavy atom. The molecule has 0 aromatic heterocycles. The molecule has 1 amide bonds. The zero-order valence-electron chi connectivity index (χ0n) is 15.2. The third-order valence-electron chi connectivity index (χ3n) is 4.60. The fourth-order valence-electron chi connectivity index (χ4n) is 3.32. The van der Waals surface area contributed by atoms with Gasteiger partial charge in [0.05, 0.1) is 29.7 Å². The molecule has 0 spiro atoms. The van der Waals surface area contributed by atoms with Crippen molar-refractivity contribution in [3.63, 3.8) is 0 Å². The Morgan fingerprint density at radius 3 is 2.48 bits per heavy atom. The molecule has 1 aliphatic heterocycles. The van der Waals surface area contributed by atoms with Crippen LogP contribution < -0.4 is 10.1 Å². The van der Waals surface area contributed by atoms with Crippen LogP contribution in [0, 0.1) is 0 Å². The summed E-state index contributed by atoms with van der Waals surface area (Å²) >= 11 is 0. The van der Waals surface area contributed by atoms with Crippen molar-refractivity contribution in [1.29, 1.82) is 0 Å². The van der Waals surface area contributed by atoms with Gasteiger partial charge in [-0.2, -0.15) is 0 Å². The summed E-state index contributed by atoms with van der Waals surface area (Å²) in [5, 5.41) is 4.09. The number of hydrogen-bond donors (Lipinski definition) is 1. The molecule has 0 radical (unpaired) electrons. The van der Waals surface area contributed by atoms with Gasteiger partial charge in [-0.1, -0.05) is 24.3 Å². The van der Waals surface area contributed by atoms with E-state index in [2.05, 4.69) is 5.32 Å². The molecule has 3 rings (SSSR count). The van der Waals surface area contributed by atoms with E-state index < -0.39 is 33.9 Å². The molecule has 0 aliphatic carbocycles. The molecule has 1 heterocycles. The summed E-state index contributed by atoms with van der Waals surface area (Å²) in [5.41, 5.74) is -0.497. The van der Waals surface area contributed by atoms with Crippen LogP contribution in [-0.4, -0.2) is 51.1 Å². The molecule has 0 saturated carbocycles. The highest BCUT2D eigenvalue weighted by Gasteiger charge is 2.39. The summed E-state index contributed by atoms with van der Waals surface area (Å²) in [6, 6.07) is 10.5. The Labute approximate surface area is 157 Å². The van der Waals surface area contributed by atoms with Crippen LogP contribution in [0.5, 0.6) is 5.75 Å². The molecule has 27 heavy (non-hydrogen) atoms. The first-order chi connectivity index (χ1) is 12.7. The molecule has 2 aromatic carbocycles. The lowest BCUT2D eigenvalue weighted by Gasteiger charge is -2.23. The van der Waals surface area contributed by atoms with Crippen molar-refractivity contribution in [2.75, 3.05) is 25.2 Å². The Hall–Kier alpha value is -2.61. The first-order valence-electron chi connectivity index (χ1n) is 8.47. The number of sulfone groups is 1. The number of rotatable bonds is 5. The third kappa shape index (κ3) is 4.21. The maximum Gasteiger partial charge on any atom is 0.339 e. The summed E-state index contributed by atoms with van der Waals surface area (Å²) in [6.45, 7) is 1.20. The van der Waals surface area contributed by atoms with Gasteiger partial charge < -0.3 is 14.8 Å². The highest BCUT2D eigenvalue weighted by Crippen LogP contribution is 2.28. The molecular formula is C19H21NO6S. The monoisotopic (exact) mass is 391 g/mol. The lowest BCUT2D eigenvalue weighted by atomic mass is 10.0. The normalized spacial score (nSPS) is 21.0. The molecule has 1 N–H and O–H groups in total. The standard InChI is InChI=1S/C19H21NO6S/c1-19(9-10-27(23,24)12-19)20-17(21)11-26-18(22)15-7-8-16(25-2)14-6-4-3-5-13(14)15/h3-8H,9-12H2,1-2H3,(H,20,21)/t19-/m0/s1. The van der Waals surface area contributed by atoms with Gasteiger partial charge in [0.15, 0.2) is 16.4 Å². The van der Waals surface area contributed by atoms with Crippen LogP contribution in [-0.2, 0) is 19.4 Å². The molecule has 0 bridgehead atoms. The maximum absolute atomic E-state index is 12.4. The number of carbonyl (C=O) groups is 2. The minimum atomic E-state index is -3.14. The number of carbonyl (C=O) groups excluding carboxylic acids is 2. The van der Waals surface area contributed by atoms with E-state index in [1.165, 1.54) is 0 Å². The first-order valence-corrected chi connectivity index (χ1v) is 10.3. The number of methoxy groups -OCH3 is 1. The van der Waals surface area contributed by atoms with Gasteiger partial charge in [-0.15, -0.1) is 0 Å². The second kappa shape index (κ2) is 7.19. The van der Waals surface area contributed by atoms with E-state index in [4.69, 9.17) is 9.47 Å². The quantitative estimate of drug-likeness (QED) is 0.779. The van der Waals surface area contributed by atoms with Crippen molar-refractivity contribution in [3.05, 3.63) is 42.0 Å². The van der Waals surface area contributed by atoms with Crippen LogP contribution >= 0.6 is 0 Å². The minimum Gasteiger partial charge on any atom is -0.496 e. The summed E-state index contributed by atoms with van der Waals surface area (Å²) in [4.78, 5) is 24.6. The summed E-state index contributed by atoms with van der Waals surface area (Å²) in [7, 11) is -1.59. The highest BCUT2D eigenvalue weighted by atomic mass is 32.2. The Morgan fingerprint density at radius 1 is 1.15 bits per heavy atom. The summed E-state index contributed by atoms with van der Waals surface area (Å²) < 4.78 is 33.7. The number of nitrogens with one attached hydrogen (secondary N) is 1. The second-order valence-electron chi connectivity index (χ2n) is 6.89. The van der Waals surface area contributed by atoms with Crippen molar-refractivity contribution in [2.24, 2.45) is 0 Å². The van der Waals surface area contributed by atoms with E-state index in [1.54, 1.807) is 38.3 Å². The van der Waals surface area contributed by atoms with Crippen LogP contribution in [0.3, 0.4) is 0 Å². The van der Waals surface area contributed by atoms with E-state index in [-0.39, 0.29) is 11.5 Å². The largest absolute Gasteiger partial charge is 0.496 e. The maximum atomic E-state index is 12.4. The average molecular weight is 391 g/mol. The number of hydrogen-bond acceptors (Lipinski definition) is 6. The molecule has 7 nitrogen and oxygen atoms in total. The predicted octanol–water partition coefficient (Wildman–Crippen LogP) is 1.70. The molecule has 1 fully saturated rings. The van der Waals surface area contributed by atoms with E-state index >= 15 is 0 Å². The van der Waals surface area contributed by atoms with E-state index in [1.807, 2.05) is 12.1 Å². The Kier molecular flexibility index (Phi) is 5.10. The second-order valence-corrected chi connectivity index (χ2v) is 9.07. The predicted molar refractivity (Wildman–Crippen MR) is 101 cm³/mol. The number of fused-ring (bicyclic) bond motifs is 1. The van der Waals surface area contributed by atoms with Crippen molar-refractivity contribution in [2.45, 2.75) is 18.9 Å². The minimum absolute atomic E-state index is 0.0431. The van der Waals surface area contributed by atoms with Crippen LogP contribution in [0.1, 0.15) is 23.7 Å². The lowest BCUT2D eigenvalue weighted by Crippen LogP contribution is -2.48. The van der Waals surface area contributed by atoms with Crippen LogP contribution in [0.15, 0.2) is 36.4 Å². The van der Waals surface area contributed by atoms with Crippen molar-refractivity contribution in [3.8, 4) is 5.75 Å². The molecule has 8 heteroatoms. The molecule has 1 aliphatic rings. The van der Waals surface area contributed by atoms with Gasteiger partial charge in [-0.05, 0) is 30.9 Å². The summed E-state index contributed by atoms with van der Waals surface area (Å²) in [5.74, 6) is -0.589. The molecule has 1 saturated heterocycles. The molecule has 0 unspecified atom stereocenters. The fraction of sp³-hybridized carbons (Fsp3) is 0.368. The Balaban J connectivity index is 1.68. The van der Waals surface area contributed by atoms with Crippen molar-refractivity contribution in [1.82, 2.24) is 5.32 Å². The van der Waals surface area contributed by atoms with Crippen LogP contribution in [0.2, 0.25) is 0 Å². The van der Waals surface area contributed by atoms with Crippen LogP contribution in [0.25, 0.3) is 10.8 Å². The number of esters is 1. The topological polar surface area (TPSA) is 98.8 Å². The van der Waals surface area contributed by atoms with Crippen molar-refractivity contribution < 1.29 is 27.5 Å². The van der Waals surface area contributed by atoms with Gasteiger partial charge in [-0.3, -0.25) is 4.79 Å². The van der Waals surface area contributed by atoms with Crippen LogP contribution in [0.4, 0.5) is 0 Å². The average Bonchev–Trinajstić information content (AvgIpc) is 2.91. The zero-order valence-corrected chi connectivity index (χ0v) is 16.0. The summed E-state index contributed by atoms with van der Waals surface area (Å²) in [6.07, 6.45) is 0.345. The van der Waals surface area contributed by atoms with Gasteiger partial charge in [0.1, 0.15) is 5.75 Å². The zero-order chi connectivity index (χ0) is 19.7. The SMILES string of the molecule is COc1ccc(C(=O)OCC(=O)N[C@@]2(C)CCS(=O)(=O)C2)c2ccccc12. The number of amides is 1. The Bertz CT molecular complexity index is 1000. The van der Waals surface area contributed by atoms with E-state index in [0.29, 0.717) is 23.1 Å². The van der Waals surface area contributed by atoms with E-state index in [9.17, 15) is 18.0 Å². The first kappa shape index (κ1) is 19.2. The highest BCUT2D eigenvalue weighted by molar-refractivity contribution is 7.91. The van der Waals surface area contributed by atoms with Gasteiger partial charge >= 0.3 is 5.97 Å². The molecular weight excluding hydrogens is 370 g/mol. The molecule has 144 valence electrons.